The standard InChI is InChI=1S/C23H37N3OS/c1-4-5-6-7-8-9-10-11-12-13-14-15-20-24-22-26(25-20)18-16-23(2,3)17-19(27)21(18)28-22/h4-17H2,1-3H3. The fourth-order valence-electron chi connectivity index (χ4n) is 4.28. The molecule has 0 bridgehead atoms. The van der Waals surface area contributed by atoms with E-state index in [-0.39, 0.29) is 11.2 Å². The summed E-state index contributed by atoms with van der Waals surface area (Å²) >= 11 is 1.53. The van der Waals surface area contributed by atoms with Crippen molar-refractivity contribution < 1.29 is 4.79 Å². The first kappa shape index (κ1) is 21.5. The fourth-order valence-corrected chi connectivity index (χ4v) is 5.32. The maximum absolute atomic E-state index is 12.4. The molecule has 1 aliphatic rings. The molecule has 0 unspecified atom stereocenters. The highest BCUT2D eigenvalue weighted by atomic mass is 32.1. The molecule has 0 aliphatic heterocycles. The van der Waals surface area contributed by atoms with Crippen molar-refractivity contribution in [3.63, 3.8) is 0 Å². The molecule has 28 heavy (non-hydrogen) atoms. The van der Waals surface area contributed by atoms with Gasteiger partial charge in [0.25, 0.3) is 0 Å². The van der Waals surface area contributed by atoms with E-state index in [1.165, 1.54) is 82.0 Å². The zero-order valence-corrected chi connectivity index (χ0v) is 18.9. The van der Waals surface area contributed by atoms with Crippen LogP contribution in [0.5, 0.6) is 0 Å². The summed E-state index contributed by atoms with van der Waals surface area (Å²) in [5, 5.41) is 4.73. The highest BCUT2D eigenvalue weighted by Gasteiger charge is 2.35. The zero-order chi connectivity index (χ0) is 20.0. The number of fused-ring (bicyclic) bond motifs is 3. The van der Waals surface area contributed by atoms with Gasteiger partial charge in [-0.15, -0.1) is 0 Å². The summed E-state index contributed by atoms with van der Waals surface area (Å²) in [5.41, 5.74) is 1.11. The number of aromatic nitrogens is 3. The van der Waals surface area contributed by atoms with Gasteiger partial charge >= 0.3 is 0 Å². The molecule has 0 spiro atoms. The summed E-state index contributed by atoms with van der Waals surface area (Å²) in [6, 6.07) is 0. The zero-order valence-electron chi connectivity index (χ0n) is 18.1. The predicted molar refractivity (Wildman–Crippen MR) is 117 cm³/mol. The van der Waals surface area contributed by atoms with Crippen molar-refractivity contribution in [1.82, 2.24) is 14.6 Å². The number of unbranched alkanes of at least 4 members (excludes halogenated alkanes) is 10. The van der Waals surface area contributed by atoms with E-state index < -0.39 is 0 Å². The Morgan fingerprint density at radius 2 is 1.54 bits per heavy atom. The summed E-state index contributed by atoms with van der Waals surface area (Å²) in [6.07, 6.45) is 17.4. The molecule has 0 fully saturated rings. The maximum atomic E-state index is 12.4. The minimum atomic E-state index is 0.0280. The van der Waals surface area contributed by atoms with E-state index in [1.54, 1.807) is 0 Å². The molecule has 1 aliphatic carbocycles. The molecule has 4 nitrogen and oxygen atoms in total. The van der Waals surface area contributed by atoms with Gasteiger partial charge in [0.2, 0.25) is 4.96 Å². The Labute approximate surface area is 174 Å². The smallest absolute Gasteiger partial charge is 0.213 e. The number of thiazole rings is 1. The van der Waals surface area contributed by atoms with Gasteiger partial charge in [-0.3, -0.25) is 4.79 Å². The number of nitrogens with zero attached hydrogens (tertiary/aromatic N) is 3. The first-order chi connectivity index (χ1) is 13.5. The highest BCUT2D eigenvalue weighted by Crippen LogP contribution is 2.38. The number of hydrogen-bond donors (Lipinski definition) is 0. The SMILES string of the molecule is CCCCCCCCCCCCCc1nc2sc3c(n2n1)CC(C)(C)CC3=O. The van der Waals surface area contributed by atoms with E-state index in [1.807, 2.05) is 4.52 Å². The van der Waals surface area contributed by atoms with Gasteiger partial charge in [0.15, 0.2) is 11.6 Å². The number of rotatable bonds is 12. The molecule has 0 radical (unpaired) electrons. The number of ketones is 1. The Kier molecular flexibility index (Phi) is 7.67. The number of Topliss-reactive ketones (excluding diaryl/α,β-unsaturated/α-hetero) is 1. The van der Waals surface area contributed by atoms with E-state index >= 15 is 0 Å². The van der Waals surface area contributed by atoms with Crippen molar-refractivity contribution in [1.29, 1.82) is 0 Å². The largest absolute Gasteiger partial charge is 0.293 e. The lowest BCUT2D eigenvalue weighted by Crippen LogP contribution is -2.27. The molecule has 2 aromatic heterocycles. The summed E-state index contributed by atoms with van der Waals surface area (Å²) in [6.45, 7) is 6.61. The maximum Gasteiger partial charge on any atom is 0.213 e. The van der Waals surface area contributed by atoms with Crippen LogP contribution in [0, 0.1) is 5.41 Å². The molecular weight excluding hydrogens is 366 g/mol. The second-order valence-corrected chi connectivity index (χ2v) is 10.3. The molecule has 5 heteroatoms. The summed E-state index contributed by atoms with van der Waals surface area (Å²) in [5.74, 6) is 1.20. The van der Waals surface area contributed by atoms with Crippen LogP contribution in [0.4, 0.5) is 0 Å². The lowest BCUT2D eigenvalue weighted by Gasteiger charge is -2.27. The molecular formula is C23H37N3OS. The van der Waals surface area contributed by atoms with E-state index in [4.69, 9.17) is 10.1 Å². The normalized spacial score (nSPS) is 16.0. The van der Waals surface area contributed by atoms with Gasteiger partial charge in [0, 0.05) is 12.8 Å². The van der Waals surface area contributed by atoms with Gasteiger partial charge in [0.05, 0.1) is 10.6 Å². The summed E-state index contributed by atoms with van der Waals surface area (Å²) in [4.78, 5) is 18.9. The average molecular weight is 404 g/mol. The van der Waals surface area contributed by atoms with Gasteiger partial charge in [0.1, 0.15) is 0 Å². The van der Waals surface area contributed by atoms with Crippen LogP contribution in [0.25, 0.3) is 4.96 Å². The second-order valence-electron chi connectivity index (χ2n) is 9.33. The Morgan fingerprint density at radius 3 is 2.18 bits per heavy atom. The minimum absolute atomic E-state index is 0.0280. The van der Waals surface area contributed by atoms with E-state index in [2.05, 4.69) is 20.8 Å². The third-order valence-electron chi connectivity index (χ3n) is 5.87. The topological polar surface area (TPSA) is 47.3 Å². The first-order valence-electron chi connectivity index (χ1n) is 11.4. The lowest BCUT2D eigenvalue weighted by molar-refractivity contribution is 0.0915. The fraction of sp³-hybridized carbons (Fsp3) is 0.783. The lowest BCUT2D eigenvalue weighted by atomic mass is 9.78. The van der Waals surface area contributed by atoms with Gasteiger partial charge in [-0.25, -0.2) is 9.50 Å². The van der Waals surface area contributed by atoms with Crippen molar-refractivity contribution in [2.45, 2.75) is 111 Å². The van der Waals surface area contributed by atoms with Crippen molar-refractivity contribution in [2.75, 3.05) is 0 Å². The van der Waals surface area contributed by atoms with Crippen LogP contribution < -0.4 is 0 Å². The average Bonchev–Trinajstić information content (AvgIpc) is 3.17. The van der Waals surface area contributed by atoms with Crippen molar-refractivity contribution >= 4 is 22.1 Å². The van der Waals surface area contributed by atoms with Crippen molar-refractivity contribution in [2.24, 2.45) is 5.41 Å². The van der Waals surface area contributed by atoms with Crippen molar-refractivity contribution in [3.05, 3.63) is 16.4 Å². The van der Waals surface area contributed by atoms with Crippen LogP contribution in [-0.4, -0.2) is 20.4 Å². The number of aryl methyl sites for hydroxylation is 1. The monoisotopic (exact) mass is 403 g/mol. The number of hydrogen-bond acceptors (Lipinski definition) is 4. The van der Waals surface area contributed by atoms with Gasteiger partial charge < -0.3 is 0 Å². The Hall–Kier alpha value is -1.23. The van der Waals surface area contributed by atoms with Gasteiger partial charge in [-0.1, -0.05) is 96.3 Å². The van der Waals surface area contributed by atoms with Crippen molar-refractivity contribution in [3.8, 4) is 0 Å². The van der Waals surface area contributed by atoms with E-state index in [0.717, 1.165) is 34.2 Å². The van der Waals surface area contributed by atoms with E-state index in [0.29, 0.717) is 6.42 Å². The predicted octanol–water partition coefficient (Wildman–Crippen LogP) is 6.80. The minimum Gasteiger partial charge on any atom is -0.293 e. The molecule has 0 atom stereocenters. The van der Waals surface area contributed by atoms with Crippen LogP contribution in [0.3, 0.4) is 0 Å². The molecule has 2 heterocycles. The van der Waals surface area contributed by atoms with E-state index in [9.17, 15) is 4.79 Å². The van der Waals surface area contributed by atoms with Crippen LogP contribution in [0.2, 0.25) is 0 Å². The second kappa shape index (κ2) is 10.00. The van der Waals surface area contributed by atoms with Gasteiger partial charge in [-0.2, -0.15) is 5.10 Å². The summed E-state index contributed by atoms with van der Waals surface area (Å²) < 4.78 is 1.95. The Morgan fingerprint density at radius 1 is 0.929 bits per heavy atom. The number of carbonyl (C=O) groups excluding carboxylic acids is 1. The Balaban J connectivity index is 1.37. The first-order valence-corrected chi connectivity index (χ1v) is 12.2. The Bertz CT molecular complexity index is 774. The van der Waals surface area contributed by atoms with Crippen LogP contribution in [-0.2, 0) is 12.8 Å². The van der Waals surface area contributed by atoms with Crippen LogP contribution in [0.15, 0.2) is 0 Å². The van der Waals surface area contributed by atoms with Crippen LogP contribution in [0.1, 0.15) is 119 Å². The molecule has 156 valence electrons. The third kappa shape index (κ3) is 5.65. The van der Waals surface area contributed by atoms with Crippen LogP contribution >= 0.6 is 11.3 Å². The molecule has 0 saturated heterocycles. The third-order valence-corrected chi connectivity index (χ3v) is 6.99. The molecule has 0 aromatic carbocycles. The molecule has 0 N–H and O–H groups in total. The molecule has 3 rings (SSSR count). The molecule has 0 amide bonds. The van der Waals surface area contributed by atoms with Gasteiger partial charge in [-0.05, 0) is 18.3 Å². The number of carbonyl (C=O) groups is 1. The summed E-state index contributed by atoms with van der Waals surface area (Å²) in [7, 11) is 0. The molecule has 0 saturated carbocycles. The quantitative estimate of drug-likeness (QED) is 0.366. The highest BCUT2D eigenvalue weighted by molar-refractivity contribution is 7.19. The molecule has 2 aromatic rings.